The molecule has 1 heterocycles. The van der Waals surface area contributed by atoms with Gasteiger partial charge in [0, 0.05) is 6.42 Å². The number of carbonyl (C=O) groups excluding carboxylic acids is 1. The van der Waals surface area contributed by atoms with Crippen LogP contribution in [0.3, 0.4) is 0 Å². The van der Waals surface area contributed by atoms with Crippen molar-refractivity contribution in [1.82, 2.24) is 5.43 Å². The van der Waals surface area contributed by atoms with Gasteiger partial charge in [0.1, 0.15) is 0 Å². The molecule has 0 aromatic rings. The molecule has 1 unspecified atom stereocenters. The largest absolute Gasteiger partial charge is 0.386 e. The summed E-state index contributed by atoms with van der Waals surface area (Å²) in [6.45, 7) is 3.61. The van der Waals surface area contributed by atoms with Gasteiger partial charge in [0.15, 0.2) is 6.10 Å². The van der Waals surface area contributed by atoms with Crippen molar-refractivity contribution in [3.63, 3.8) is 0 Å². The maximum Gasteiger partial charge on any atom is 0.332 e. The summed E-state index contributed by atoms with van der Waals surface area (Å²) < 4.78 is 0. The lowest BCUT2D eigenvalue weighted by molar-refractivity contribution is 0.132. The summed E-state index contributed by atoms with van der Waals surface area (Å²) in [7, 11) is 0. The molecule has 0 bridgehead atoms. The van der Waals surface area contributed by atoms with E-state index in [1.54, 1.807) is 6.92 Å². The van der Waals surface area contributed by atoms with Gasteiger partial charge in [-0.3, -0.25) is 0 Å². The van der Waals surface area contributed by atoms with E-state index in [9.17, 15) is 4.79 Å². The van der Waals surface area contributed by atoms with E-state index in [0.717, 1.165) is 5.71 Å². The molecule has 1 atom stereocenters. The van der Waals surface area contributed by atoms with Gasteiger partial charge >= 0.3 is 6.03 Å². The summed E-state index contributed by atoms with van der Waals surface area (Å²) >= 11 is 0. The third-order valence-corrected chi connectivity index (χ3v) is 1.63. The Morgan fingerprint density at radius 1 is 1.85 bits per heavy atom. The van der Waals surface area contributed by atoms with Crippen molar-refractivity contribution in [2.75, 3.05) is 0 Å². The molecule has 0 aromatic carbocycles. The molecular formula is C7H12N4O2. The van der Waals surface area contributed by atoms with Crippen LogP contribution in [-0.4, -0.2) is 23.6 Å². The van der Waals surface area contributed by atoms with E-state index in [0.29, 0.717) is 12.1 Å². The van der Waals surface area contributed by atoms with Crippen molar-refractivity contribution in [2.45, 2.75) is 26.4 Å². The lowest BCUT2D eigenvalue weighted by atomic mass is 10.1. The van der Waals surface area contributed by atoms with Gasteiger partial charge in [-0.15, -0.1) is 0 Å². The number of hydrogen-bond donors (Lipinski definition) is 2. The number of carbonyl (C=O) groups is 1. The lowest BCUT2D eigenvalue weighted by Crippen LogP contribution is -2.28. The van der Waals surface area contributed by atoms with Gasteiger partial charge in [-0.1, -0.05) is 5.16 Å². The summed E-state index contributed by atoms with van der Waals surface area (Å²) in [4.78, 5) is 15.3. The number of nitrogens with one attached hydrogen (secondary N) is 1. The smallest absolute Gasteiger partial charge is 0.332 e. The highest BCUT2D eigenvalue weighted by atomic mass is 16.6. The zero-order valence-corrected chi connectivity index (χ0v) is 7.57. The van der Waals surface area contributed by atoms with Crippen LogP contribution in [0.25, 0.3) is 0 Å². The molecule has 0 radical (unpaired) electrons. The van der Waals surface area contributed by atoms with E-state index in [1.165, 1.54) is 0 Å². The average Bonchev–Trinajstić information content (AvgIpc) is 2.47. The predicted octanol–water partition coefficient (Wildman–Crippen LogP) is 0.195. The number of rotatable bonds is 2. The maximum absolute atomic E-state index is 10.3. The zero-order valence-electron chi connectivity index (χ0n) is 7.57. The second-order valence-corrected chi connectivity index (χ2v) is 2.85. The highest BCUT2D eigenvalue weighted by Gasteiger charge is 2.20. The number of urea groups is 1. The number of amides is 2. The van der Waals surface area contributed by atoms with Crippen molar-refractivity contribution >= 4 is 17.5 Å². The molecule has 0 fully saturated rings. The number of hydrogen-bond acceptors (Lipinski definition) is 4. The monoisotopic (exact) mass is 184 g/mol. The third kappa shape index (κ3) is 2.73. The lowest BCUT2D eigenvalue weighted by Gasteiger charge is -2.06. The minimum Gasteiger partial charge on any atom is -0.386 e. The van der Waals surface area contributed by atoms with Gasteiger partial charge in [0.25, 0.3) is 0 Å². The quantitative estimate of drug-likeness (QED) is 0.474. The van der Waals surface area contributed by atoms with E-state index in [1.807, 2.05) is 6.92 Å². The Balaban J connectivity index is 2.45. The van der Waals surface area contributed by atoms with Crippen LogP contribution < -0.4 is 11.2 Å². The molecule has 0 spiro atoms. The fraction of sp³-hybridized carbons (Fsp3) is 0.571. The van der Waals surface area contributed by atoms with E-state index in [2.05, 4.69) is 15.7 Å². The van der Waals surface area contributed by atoms with Gasteiger partial charge < -0.3 is 10.6 Å². The Morgan fingerprint density at radius 3 is 3.00 bits per heavy atom. The highest BCUT2D eigenvalue weighted by molar-refractivity contribution is 5.94. The van der Waals surface area contributed by atoms with Crippen molar-refractivity contribution in [3.8, 4) is 0 Å². The molecule has 2 amide bonds. The Kier molecular flexibility index (Phi) is 2.84. The molecule has 0 aromatic heterocycles. The molecule has 0 aliphatic carbocycles. The minimum absolute atomic E-state index is 0.174. The molecule has 0 saturated carbocycles. The zero-order chi connectivity index (χ0) is 9.84. The Morgan fingerprint density at radius 2 is 2.54 bits per heavy atom. The van der Waals surface area contributed by atoms with Gasteiger partial charge in [0.05, 0.1) is 11.4 Å². The van der Waals surface area contributed by atoms with Crippen molar-refractivity contribution in [3.05, 3.63) is 0 Å². The Bertz CT molecular complexity index is 272. The van der Waals surface area contributed by atoms with Crippen molar-refractivity contribution < 1.29 is 9.63 Å². The number of primary amides is 1. The predicted molar refractivity (Wildman–Crippen MR) is 48.4 cm³/mol. The van der Waals surface area contributed by atoms with E-state index >= 15 is 0 Å². The minimum atomic E-state index is -0.685. The van der Waals surface area contributed by atoms with Crippen LogP contribution in [-0.2, 0) is 4.84 Å². The van der Waals surface area contributed by atoms with Gasteiger partial charge in [-0.25, -0.2) is 10.2 Å². The SMILES string of the molecule is CC1=NOC(/C(C)=N/NC(N)=O)C1. The standard InChI is InChI=1S/C7H12N4O2/c1-4-3-6(13-11-4)5(2)9-10-7(8)12/h6H,3H2,1-2H3,(H3,8,10,12)/b9-5+. The van der Waals surface area contributed by atoms with Crippen LogP contribution in [0.2, 0.25) is 0 Å². The number of hydrazone groups is 1. The third-order valence-electron chi connectivity index (χ3n) is 1.63. The molecule has 1 aliphatic heterocycles. The topological polar surface area (TPSA) is 89.1 Å². The molecule has 0 saturated heterocycles. The van der Waals surface area contributed by atoms with E-state index in [-0.39, 0.29) is 6.10 Å². The first-order valence-electron chi connectivity index (χ1n) is 3.88. The highest BCUT2D eigenvalue weighted by Crippen LogP contribution is 2.11. The summed E-state index contributed by atoms with van der Waals surface area (Å²) in [5.41, 5.74) is 8.54. The van der Waals surface area contributed by atoms with Crippen molar-refractivity contribution in [2.24, 2.45) is 16.0 Å². The van der Waals surface area contributed by atoms with Gasteiger partial charge in [-0.2, -0.15) is 5.10 Å². The summed E-state index contributed by atoms with van der Waals surface area (Å²) in [6, 6.07) is -0.685. The van der Waals surface area contributed by atoms with Crippen molar-refractivity contribution in [1.29, 1.82) is 0 Å². The molecule has 1 rings (SSSR count). The van der Waals surface area contributed by atoms with E-state index < -0.39 is 6.03 Å². The van der Waals surface area contributed by atoms with Crippen LogP contribution in [0.5, 0.6) is 0 Å². The molecule has 3 N–H and O–H groups in total. The Labute approximate surface area is 75.8 Å². The average molecular weight is 184 g/mol. The molecule has 1 aliphatic rings. The second-order valence-electron chi connectivity index (χ2n) is 2.85. The fourth-order valence-electron chi connectivity index (χ4n) is 0.936. The molecular weight excluding hydrogens is 172 g/mol. The summed E-state index contributed by atoms with van der Waals surface area (Å²) in [6.07, 6.45) is 0.530. The molecule has 13 heavy (non-hydrogen) atoms. The normalized spacial score (nSPS) is 22.2. The van der Waals surface area contributed by atoms with Gasteiger partial charge in [0.2, 0.25) is 0 Å². The van der Waals surface area contributed by atoms with Crippen LogP contribution in [0.4, 0.5) is 4.79 Å². The van der Waals surface area contributed by atoms with Crippen LogP contribution in [0.15, 0.2) is 10.3 Å². The fourth-order valence-corrected chi connectivity index (χ4v) is 0.936. The first-order chi connectivity index (χ1) is 6.09. The number of nitrogens with two attached hydrogens (primary N) is 1. The van der Waals surface area contributed by atoms with Gasteiger partial charge in [-0.05, 0) is 13.8 Å². The summed E-state index contributed by atoms with van der Waals surface area (Å²) in [5.74, 6) is 0. The van der Waals surface area contributed by atoms with Crippen LogP contribution in [0.1, 0.15) is 20.3 Å². The first-order valence-corrected chi connectivity index (χ1v) is 3.88. The molecule has 6 heteroatoms. The molecule has 6 nitrogen and oxygen atoms in total. The maximum atomic E-state index is 10.3. The second kappa shape index (κ2) is 3.88. The van der Waals surface area contributed by atoms with E-state index in [4.69, 9.17) is 10.6 Å². The number of nitrogens with zero attached hydrogens (tertiary/aromatic N) is 2. The Hall–Kier alpha value is -1.59. The summed E-state index contributed by atoms with van der Waals surface area (Å²) in [5, 5.41) is 7.49. The number of oxime groups is 1. The van der Waals surface area contributed by atoms with Crippen LogP contribution >= 0.6 is 0 Å². The first kappa shape index (κ1) is 9.50. The molecule has 72 valence electrons. The van der Waals surface area contributed by atoms with Crippen LogP contribution in [0, 0.1) is 0 Å².